The summed E-state index contributed by atoms with van der Waals surface area (Å²) in [6.45, 7) is 4.43. The van der Waals surface area contributed by atoms with Gasteiger partial charge in [-0.15, -0.1) is 0 Å². The number of hydrogen-bond acceptors (Lipinski definition) is 1. The first-order valence-corrected chi connectivity index (χ1v) is 4.56. The summed E-state index contributed by atoms with van der Waals surface area (Å²) in [5.41, 5.74) is 8.96. The van der Waals surface area contributed by atoms with Gasteiger partial charge in [-0.1, -0.05) is 38.1 Å². The van der Waals surface area contributed by atoms with Crippen molar-refractivity contribution in [3.8, 4) is 0 Å². The fourth-order valence-corrected chi connectivity index (χ4v) is 2.19. The van der Waals surface area contributed by atoms with Crippen molar-refractivity contribution in [1.82, 2.24) is 0 Å². The lowest BCUT2D eigenvalue weighted by atomic mass is 9.99. The van der Waals surface area contributed by atoms with Crippen LogP contribution < -0.4 is 5.73 Å². The number of rotatable bonds is 0. The minimum absolute atomic E-state index is 0.308. The molecule has 0 saturated carbocycles. The first-order valence-electron chi connectivity index (χ1n) is 4.56. The summed E-state index contributed by atoms with van der Waals surface area (Å²) in [5.74, 6) is 1.05. The van der Waals surface area contributed by atoms with Gasteiger partial charge in [0.05, 0.1) is 0 Å². The molecule has 0 spiro atoms. The van der Waals surface area contributed by atoms with Crippen LogP contribution in [0.25, 0.3) is 0 Å². The molecule has 2 atom stereocenters. The van der Waals surface area contributed by atoms with E-state index in [1.54, 1.807) is 0 Å². The fourth-order valence-electron chi connectivity index (χ4n) is 2.19. The molecule has 0 aliphatic heterocycles. The van der Waals surface area contributed by atoms with Gasteiger partial charge in [-0.2, -0.15) is 0 Å². The SMILES string of the molecule is CC1c2ccccc2C(C)C1N. The van der Waals surface area contributed by atoms with Gasteiger partial charge in [-0.3, -0.25) is 0 Å². The maximum absolute atomic E-state index is 6.07. The van der Waals surface area contributed by atoms with E-state index < -0.39 is 0 Å². The average Bonchev–Trinajstić information content (AvgIpc) is 2.33. The van der Waals surface area contributed by atoms with E-state index in [4.69, 9.17) is 5.73 Å². The molecule has 1 aromatic rings. The van der Waals surface area contributed by atoms with Gasteiger partial charge >= 0.3 is 0 Å². The van der Waals surface area contributed by atoms with E-state index >= 15 is 0 Å². The van der Waals surface area contributed by atoms with Crippen molar-refractivity contribution in [2.24, 2.45) is 5.73 Å². The summed E-state index contributed by atoms with van der Waals surface area (Å²) in [6, 6.07) is 8.90. The zero-order chi connectivity index (χ0) is 8.72. The normalized spacial score (nSPS) is 33.4. The van der Waals surface area contributed by atoms with Gasteiger partial charge in [0.15, 0.2) is 0 Å². The minimum Gasteiger partial charge on any atom is -0.327 e. The van der Waals surface area contributed by atoms with Gasteiger partial charge in [0.1, 0.15) is 0 Å². The second-order valence-electron chi connectivity index (χ2n) is 3.78. The number of benzene rings is 1. The van der Waals surface area contributed by atoms with E-state index in [0.717, 1.165) is 0 Å². The van der Waals surface area contributed by atoms with Gasteiger partial charge in [0.25, 0.3) is 0 Å². The van der Waals surface area contributed by atoms with Crippen LogP contribution in [-0.2, 0) is 0 Å². The Morgan fingerprint density at radius 3 is 1.83 bits per heavy atom. The third-order valence-electron chi connectivity index (χ3n) is 3.13. The third kappa shape index (κ3) is 0.896. The van der Waals surface area contributed by atoms with E-state index in [1.165, 1.54) is 11.1 Å². The first kappa shape index (κ1) is 7.81. The molecule has 0 fully saturated rings. The average molecular weight is 161 g/mol. The molecule has 0 bridgehead atoms. The molecule has 1 heteroatoms. The zero-order valence-corrected chi connectivity index (χ0v) is 7.62. The summed E-state index contributed by atoms with van der Waals surface area (Å²) in [7, 11) is 0. The van der Waals surface area contributed by atoms with Crippen LogP contribution in [0.2, 0.25) is 0 Å². The van der Waals surface area contributed by atoms with E-state index in [9.17, 15) is 0 Å². The maximum atomic E-state index is 6.07. The molecule has 2 rings (SSSR count). The van der Waals surface area contributed by atoms with Crippen LogP contribution in [0.15, 0.2) is 24.3 Å². The molecule has 0 radical (unpaired) electrons. The zero-order valence-electron chi connectivity index (χ0n) is 7.62. The Hall–Kier alpha value is -0.820. The lowest BCUT2D eigenvalue weighted by Gasteiger charge is -2.13. The highest BCUT2D eigenvalue weighted by molar-refractivity contribution is 5.40. The Morgan fingerprint density at radius 2 is 1.42 bits per heavy atom. The van der Waals surface area contributed by atoms with Crippen molar-refractivity contribution in [3.05, 3.63) is 35.4 Å². The second-order valence-corrected chi connectivity index (χ2v) is 3.78. The summed E-state index contributed by atoms with van der Waals surface area (Å²) in [5, 5.41) is 0. The summed E-state index contributed by atoms with van der Waals surface area (Å²) in [6.07, 6.45) is 0. The molecule has 64 valence electrons. The molecular weight excluding hydrogens is 146 g/mol. The lowest BCUT2D eigenvalue weighted by Crippen LogP contribution is -2.25. The Morgan fingerprint density at radius 1 is 1.00 bits per heavy atom. The Bertz CT molecular complexity index is 264. The number of fused-ring (bicyclic) bond motifs is 1. The minimum atomic E-state index is 0.308. The molecule has 0 aromatic heterocycles. The van der Waals surface area contributed by atoms with Crippen molar-refractivity contribution in [1.29, 1.82) is 0 Å². The Kier molecular flexibility index (Phi) is 1.69. The third-order valence-corrected chi connectivity index (χ3v) is 3.13. The molecule has 1 nitrogen and oxygen atoms in total. The smallest absolute Gasteiger partial charge is 0.0172 e. The summed E-state index contributed by atoms with van der Waals surface area (Å²) < 4.78 is 0. The molecular formula is C11H15N. The maximum Gasteiger partial charge on any atom is 0.0172 e. The van der Waals surface area contributed by atoms with Gasteiger partial charge in [-0.05, 0) is 23.0 Å². The van der Waals surface area contributed by atoms with Gasteiger partial charge in [0, 0.05) is 6.04 Å². The van der Waals surface area contributed by atoms with Crippen molar-refractivity contribution in [2.75, 3.05) is 0 Å². The summed E-state index contributed by atoms with van der Waals surface area (Å²) >= 11 is 0. The van der Waals surface area contributed by atoms with Crippen molar-refractivity contribution in [3.63, 3.8) is 0 Å². The van der Waals surface area contributed by atoms with Crippen molar-refractivity contribution < 1.29 is 0 Å². The topological polar surface area (TPSA) is 26.0 Å². The molecule has 2 N–H and O–H groups in total. The predicted octanol–water partition coefficient (Wildman–Crippen LogP) is 2.23. The van der Waals surface area contributed by atoms with Gasteiger partial charge < -0.3 is 5.73 Å². The van der Waals surface area contributed by atoms with E-state index in [1.807, 2.05) is 0 Å². The second kappa shape index (κ2) is 2.60. The van der Waals surface area contributed by atoms with Crippen LogP contribution in [0, 0.1) is 0 Å². The first-order chi connectivity index (χ1) is 5.72. The molecule has 0 saturated heterocycles. The van der Waals surface area contributed by atoms with Crippen molar-refractivity contribution >= 4 is 0 Å². The molecule has 0 amide bonds. The van der Waals surface area contributed by atoms with Gasteiger partial charge in [-0.25, -0.2) is 0 Å². The van der Waals surface area contributed by atoms with Crippen molar-refractivity contribution in [2.45, 2.75) is 31.7 Å². The van der Waals surface area contributed by atoms with E-state index in [-0.39, 0.29) is 0 Å². The van der Waals surface area contributed by atoms with Crippen LogP contribution in [-0.4, -0.2) is 6.04 Å². The predicted molar refractivity (Wildman–Crippen MR) is 51.2 cm³/mol. The Labute approximate surface area is 73.6 Å². The molecule has 2 unspecified atom stereocenters. The highest BCUT2D eigenvalue weighted by atomic mass is 14.7. The van der Waals surface area contributed by atoms with Crippen LogP contribution in [0.3, 0.4) is 0 Å². The molecule has 1 aliphatic carbocycles. The van der Waals surface area contributed by atoms with E-state index in [2.05, 4.69) is 38.1 Å². The molecule has 1 aliphatic rings. The summed E-state index contributed by atoms with van der Waals surface area (Å²) in [4.78, 5) is 0. The van der Waals surface area contributed by atoms with Gasteiger partial charge in [0.2, 0.25) is 0 Å². The monoisotopic (exact) mass is 161 g/mol. The molecule has 0 heterocycles. The quantitative estimate of drug-likeness (QED) is 0.620. The number of nitrogens with two attached hydrogens (primary N) is 1. The van der Waals surface area contributed by atoms with Crippen LogP contribution in [0.1, 0.15) is 36.8 Å². The molecule has 1 aromatic carbocycles. The van der Waals surface area contributed by atoms with E-state index in [0.29, 0.717) is 17.9 Å². The Balaban J connectivity index is 2.52. The highest BCUT2D eigenvalue weighted by Crippen LogP contribution is 2.39. The largest absolute Gasteiger partial charge is 0.327 e. The molecule has 12 heavy (non-hydrogen) atoms. The lowest BCUT2D eigenvalue weighted by molar-refractivity contribution is 0.544. The number of hydrogen-bond donors (Lipinski definition) is 1. The van der Waals surface area contributed by atoms with Crippen LogP contribution in [0.5, 0.6) is 0 Å². The fraction of sp³-hybridized carbons (Fsp3) is 0.455. The standard InChI is InChI=1S/C11H15N/c1-7-9-5-3-4-6-10(9)8(2)11(7)12/h3-8,11H,12H2,1-2H3. The highest BCUT2D eigenvalue weighted by Gasteiger charge is 2.31. The van der Waals surface area contributed by atoms with Crippen LogP contribution in [0.4, 0.5) is 0 Å². The van der Waals surface area contributed by atoms with Crippen LogP contribution >= 0.6 is 0 Å².